The van der Waals surface area contributed by atoms with Gasteiger partial charge in [0.15, 0.2) is 0 Å². The van der Waals surface area contributed by atoms with Gasteiger partial charge in [0, 0.05) is 42.7 Å². The number of carbonyl (C=O) groups is 1. The maximum atomic E-state index is 12.3. The van der Waals surface area contributed by atoms with Crippen molar-refractivity contribution in [3.05, 3.63) is 70.2 Å². The number of nitrogens with zero attached hydrogens (tertiary/aromatic N) is 1. The van der Waals surface area contributed by atoms with Crippen molar-refractivity contribution in [2.24, 2.45) is 5.92 Å². The zero-order chi connectivity index (χ0) is 15.8. The molecule has 118 valence electrons. The van der Waals surface area contributed by atoms with Crippen LogP contribution in [0.5, 0.6) is 0 Å². The smallest absolute Gasteiger partial charge is 0.251 e. The molecule has 2 atom stereocenters. The number of nitrogens with one attached hydrogen (secondary N) is 1. The number of likely N-dealkylation sites (tertiary alicyclic amines) is 1. The molecule has 1 saturated heterocycles. The molecule has 4 rings (SSSR count). The molecule has 0 saturated carbocycles. The lowest BCUT2D eigenvalue weighted by Crippen LogP contribution is -2.29. The molecule has 0 spiro atoms. The quantitative estimate of drug-likeness (QED) is 0.918. The van der Waals surface area contributed by atoms with Gasteiger partial charge in [0.05, 0.1) is 0 Å². The van der Waals surface area contributed by atoms with Crippen LogP contribution in [0.15, 0.2) is 48.5 Å². The fraction of sp³-hybridized carbons (Fsp3) is 0.316. The van der Waals surface area contributed by atoms with Crippen molar-refractivity contribution in [3.8, 4) is 0 Å². The minimum Gasteiger partial charge on any atom is -0.352 e. The summed E-state index contributed by atoms with van der Waals surface area (Å²) in [5.41, 5.74) is 3.10. The van der Waals surface area contributed by atoms with E-state index in [2.05, 4.69) is 34.5 Å². The van der Waals surface area contributed by atoms with Gasteiger partial charge in [0.25, 0.3) is 5.91 Å². The van der Waals surface area contributed by atoms with Crippen LogP contribution in [-0.2, 0) is 6.54 Å². The summed E-state index contributed by atoms with van der Waals surface area (Å²) in [6, 6.07) is 16.2. The average Bonchev–Trinajstić information content (AvgIpc) is 2.90. The monoisotopic (exact) mass is 326 g/mol. The zero-order valence-electron chi connectivity index (χ0n) is 12.8. The number of fused-ring (bicyclic) bond motifs is 3. The summed E-state index contributed by atoms with van der Waals surface area (Å²) in [5, 5.41) is 3.78. The van der Waals surface area contributed by atoms with Crippen molar-refractivity contribution in [2.75, 3.05) is 19.6 Å². The van der Waals surface area contributed by atoms with Gasteiger partial charge in [-0.1, -0.05) is 48.0 Å². The molecule has 3 nitrogen and oxygen atoms in total. The molecule has 2 aromatic rings. The maximum Gasteiger partial charge on any atom is 0.251 e. The van der Waals surface area contributed by atoms with Crippen LogP contribution in [0.2, 0.25) is 5.02 Å². The third-order valence-electron chi connectivity index (χ3n) is 4.96. The second-order valence-corrected chi connectivity index (χ2v) is 6.86. The summed E-state index contributed by atoms with van der Waals surface area (Å²) in [4.78, 5) is 14.7. The number of hydrogen-bond acceptors (Lipinski definition) is 2. The SMILES string of the molecule is O=C1NC[C@H]2CN(Cc3ccccc3)C[C@@H]2c2c(Cl)cccc21. The van der Waals surface area contributed by atoms with Crippen LogP contribution >= 0.6 is 11.6 Å². The van der Waals surface area contributed by atoms with Gasteiger partial charge in [-0.05, 0) is 29.2 Å². The highest BCUT2D eigenvalue weighted by Gasteiger charge is 2.39. The minimum atomic E-state index is 0.00603. The second kappa shape index (κ2) is 5.99. The molecule has 2 aliphatic heterocycles. The Labute approximate surface area is 141 Å². The van der Waals surface area contributed by atoms with Crippen LogP contribution in [0.25, 0.3) is 0 Å². The van der Waals surface area contributed by atoms with Crippen LogP contribution in [0, 0.1) is 5.92 Å². The summed E-state index contributed by atoms with van der Waals surface area (Å²) >= 11 is 6.46. The number of benzene rings is 2. The third-order valence-corrected chi connectivity index (χ3v) is 5.29. The first-order valence-corrected chi connectivity index (χ1v) is 8.43. The minimum absolute atomic E-state index is 0.00603. The summed E-state index contributed by atoms with van der Waals surface area (Å²) in [5.74, 6) is 0.747. The largest absolute Gasteiger partial charge is 0.352 e. The average molecular weight is 327 g/mol. The van der Waals surface area contributed by atoms with Crippen molar-refractivity contribution in [2.45, 2.75) is 12.5 Å². The molecule has 4 heteroatoms. The van der Waals surface area contributed by atoms with Crippen LogP contribution in [0.4, 0.5) is 0 Å². The molecule has 2 aliphatic rings. The Morgan fingerprint density at radius 2 is 1.91 bits per heavy atom. The van der Waals surface area contributed by atoms with E-state index in [-0.39, 0.29) is 5.91 Å². The van der Waals surface area contributed by atoms with Gasteiger partial charge in [0.2, 0.25) is 0 Å². The summed E-state index contributed by atoms with van der Waals surface area (Å²) in [6.07, 6.45) is 0. The molecule has 1 amide bonds. The van der Waals surface area contributed by atoms with Gasteiger partial charge in [0.1, 0.15) is 0 Å². The molecule has 23 heavy (non-hydrogen) atoms. The fourth-order valence-corrected chi connectivity index (χ4v) is 4.21. The second-order valence-electron chi connectivity index (χ2n) is 6.46. The van der Waals surface area contributed by atoms with Gasteiger partial charge in [-0.2, -0.15) is 0 Å². The number of amides is 1. The van der Waals surface area contributed by atoms with Crippen molar-refractivity contribution in [3.63, 3.8) is 0 Å². The first kappa shape index (κ1) is 14.7. The first-order chi connectivity index (χ1) is 11.2. The highest BCUT2D eigenvalue weighted by Crippen LogP contribution is 2.40. The lowest BCUT2D eigenvalue weighted by atomic mass is 9.87. The highest BCUT2D eigenvalue weighted by atomic mass is 35.5. The summed E-state index contributed by atoms with van der Waals surface area (Å²) in [6.45, 7) is 3.61. The Morgan fingerprint density at radius 3 is 2.74 bits per heavy atom. The third kappa shape index (κ3) is 2.75. The van der Waals surface area contributed by atoms with Crippen LogP contribution in [0.3, 0.4) is 0 Å². The van der Waals surface area contributed by atoms with E-state index < -0.39 is 0 Å². The van der Waals surface area contributed by atoms with Crippen molar-refractivity contribution >= 4 is 17.5 Å². The number of halogens is 1. The Morgan fingerprint density at radius 1 is 1.09 bits per heavy atom. The van der Waals surface area contributed by atoms with Crippen LogP contribution in [-0.4, -0.2) is 30.4 Å². The van der Waals surface area contributed by atoms with E-state index in [1.54, 1.807) is 0 Å². The van der Waals surface area contributed by atoms with Gasteiger partial charge < -0.3 is 5.32 Å². The van der Waals surface area contributed by atoms with Crippen molar-refractivity contribution in [1.82, 2.24) is 10.2 Å². The molecular weight excluding hydrogens is 308 g/mol. The van der Waals surface area contributed by atoms with E-state index in [1.165, 1.54) is 5.56 Å². The molecule has 0 radical (unpaired) electrons. The van der Waals surface area contributed by atoms with E-state index in [4.69, 9.17) is 11.6 Å². The zero-order valence-corrected chi connectivity index (χ0v) is 13.6. The standard InChI is InChI=1S/C19H19ClN2O/c20-17-8-4-7-15-18(17)16-12-22(10-13-5-2-1-3-6-13)11-14(16)9-21-19(15)23/h1-8,14,16H,9-12H2,(H,21,23)/t14-,16-/m0/s1. The Kier molecular flexibility index (Phi) is 3.83. The van der Waals surface area contributed by atoms with Crippen molar-refractivity contribution in [1.29, 1.82) is 0 Å². The fourth-order valence-electron chi connectivity index (χ4n) is 3.90. The topological polar surface area (TPSA) is 32.3 Å². The highest BCUT2D eigenvalue weighted by molar-refractivity contribution is 6.32. The van der Waals surface area contributed by atoms with E-state index in [0.717, 1.165) is 42.3 Å². The molecule has 0 aliphatic carbocycles. The Bertz CT molecular complexity index is 731. The molecule has 0 unspecified atom stereocenters. The van der Waals surface area contributed by atoms with Gasteiger partial charge in [-0.25, -0.2) is 0 Å². The summed E-state index contributed by atoms with van der Waals surface area (Å²) < 4.78 is 0. The van der Waals surface area contributed by atoms with Gasteiger partial charge >= 0.3 is 0 Å². The van der Waals surface area contributed by atoms with Crippen LogP contribution < -0.4 is 5.32 Å². The number of hydrogen-bond donors (Lipinski definition) is 1. The number of rotatable bonds is 2. The predicted molar refractivity (Wildman–Crippen MR) is 91.7 cm³/mol. The molecule has 1 fully saturated rings. The Hall–Kier alpha value is -1.84. The van der Waals surface area contributed by atoms with E-state index >= 15 is 0 Å². The molecule has 0 bridgehead atoms. The van der Waals surface area contributed by atoms with Gasteiger partial charge in [-0.3, -0.25) is 9.69 Å². The van der Waals surface area contributed by atoms with Gasteiger partial charge in [-0.15, -0.1) is 0 Å². The molecule has 0 aromatic heterocycles. The predicted octanol–water partition coefficient (Wildman–Crippen LogP) is 3.30. The normalized spacial score (nSPS) is 23.8. The summed E-state index contributed by atoms with van der Waals surface area (Å²) in [7, 11) is 0. The lowest BCUT2D eigenvalue weighted by Gasteiger charge is -2.18. The molecular formula is C19H19ClN2O. The Balaban J connectivity index is 1.63. The first-order valence-electron chi connectivity index (χ1n) is 8.05. The van der Waals surface area contributed by atoms with Crippen molar-refractivity contribution < 1.29 is 4.79 Å². The lowest BCUT2D eigenvalue weighted by molar-refractivity contribution is 0.0951. The molecule has 1 N–H and O–H groups in total. The van der Waals surface area contributed by atoms with E-state index in [9.17, 15) is 4.79 Å². The molecule has 2 heterocycles. The van der Waals surface area contributed by atoms with E-state index in [1.807, 2.05) is 24.3 Å². The maximum absolute atomic E-state index is 12.3. The number of carbonyl (C=O) groups excluding carboxylic acids is 1. The molecule has 2 aromatic carbocycles. The van der Waals surface area contributed by atoms with E-state index in [0.29, 0.717) is 11.8 Å². The van der Waals surface area contributed by atoms with Crippen LogP contribution in [0.1, 0.15) is 27.4 Å².